The molecule has 0 saturated heterocycles. The number of aromatic amines is 1. The number of benzene rings is 2. The number of methoxy groups -OCH3 is 1. The SMILES string of the molecule is COc1cc(Nc2c3c([nH+]c4cc5c(cc24)OCO5)CCC3=O)ccc1C.[Cl-]. The number of hydrogen-bond donors (Lipinski definition) is 1. The van der Waals surface area contributed by atoms with E-state index in [9.17, 15) is 4.79 Å². The lowest BCUT2D eigenvalue weighted by molar-refractivity contribution is -0.356. The first kappa shape index (κ1) is 18.4. The predicted molar refractivity (Wildman–Crippen MR) is 100 cm³/mol. The molecule has 0 bridgehead atoms. The van der Waals surface area contributed by atoms with Crippen molar-refractivity contribution in [1.82, 2.24) is 0 Å². The molecule has 144 valence electrons. The molecule has 1 aromatic heterocycles. The van der Waals surface area contributed by atoms with E-state index in [4.69, 9.17) is 14.2 Å². The van der Waals surface area contributed by atoms with Gasteiger partial charge in [-0.1, -0.05) is 6.07 Å². The second kappa shape index (κ2) is 6.87. The molecule has 0 fully saturated rings. The Hall–Kier alpha value is -2.99. The third-order valence-corrected chi connectivity index (χ3v) is 5.18. The highest BCUT2D eigenvalue weighted by Crippen LogP contribution is 2.41. The number of ketones is 1. The van der Waals surface area contributed by atoms with Gasteiger partial charge in [0.25, 0.3) is 0 Å². The molecule has 0 saturated carbocycles. The summed E-state index contributed by atoms with van der Waals surface area (Å²) >= 11 is 0. The standard InChI is InChI=1S/C21H18N2O4.ClH/c1-11-3-4-12(7-17(11)25-2)22-21-13-8-18-19(27-10-26-18)9-15(13)23-14-5-6-16(24)20(14)21;/h3-4,7-9H,5-6,10H2,1-2H3,(H,22,23);1H. The molecule has 0 radical (unpaired) electrons. The van der Waals surface area contributed by atoms with E-state index in [1.807, 2.05) is 37.3 Å². The maximum Gasteiger partial charge on any atom is 0.231 e. The number of anilines is 2. The molecule has 7 heteroatoms. The van der Waals surface area contributed by atoms with Gasteiger partial charge in [-0.2, -0.15) is 0 Å². The van der Waals surface area contributed by atoms with Crippen LogP contribution in [0.5, 0.6) is 17.2 Å². The Kier molecular flexibility index (Phi) is 4.51. The average Bonchev–Trinajstić information content (AvgIpc) is 3.27. The van der Waals surface area contributed by atoms with Crippen molar-refractivity contribution in [2.24, 2.45) is 0 Å². The van der Waals surface area contributed by atoms with E-state index in [0.717, 1.165) is 44.8 Å². The van der Waals surface area contributed by atoms with Crippen LogP contribution in [0.1, 0.15) is 28.0 Å². The fourth-order valence-corrected chi connectivity index (χ4v) is 3.79. The normalized spacial score (nSPS) is 14.0. The first-order valence-electron chi connectivity index (χ1n) is 8.90. The van der Waals surface area contributed by atoms with Crippen molar-refractivity contribution in [2.45, 2.75) is 19.8 Å². The maximum absolute atomic E-state index is 12.6. The van der Waals surface area contributed by atoms with Gasteiger partial charge in [-0.05, 0) is 18.6 Å². The molecule has 1 aliphatic heterocycles. The molecule has 0 amide bonds. The maximum atomic E-state index is 12.6. The van der Waals surface area contributed by atoms with Crippen LogP contribution in [0.4, 0.5) is 11.4 Å². The van der Waals surface area contributed by atoms with Gasteiger partial charge in [-0.25, -0.2) is 4.98 Å². The lowest BCUT2D eigenvalue weighted by atomic mass is 10.0. The highest BCUT2D eigenvalue weighted by Gasteiger charge is 2.32. The van der Waals surface area contributed by atoms with Crippen LogP contribution in [0.25, 0.3) is 10.9 Å². The number of halogens is 1. The minimum atomic E-state index is 0. The number of ether oxygens (including phenoxy) is 3. The van der Waals surface area contributed by atoms with Gasteiger partial charge in [0.1, 0.15) is 11.3 Å². The topological polar surface area (TPSA) is 70.9 Å². The molecule has 2 aromatic carbocycles. The number of nitrogens with one attached hydrogen (secondary N) is 2. The Balaban J connectivity index is 0.00000192. The summed E-state index contributed by atoms with van der Waals surface area (Å²) in [5, 5.41) is 4.35. The number of hydrogen-bond acceptors (Lipinski definition) is 5. The monoisotopic (exact) mass is 398 g/mol. The predicted octanol–water partition coefficient (Wildman–Crippen LogP) is 0.576. The van der Waals surface area contributed by atoms with E-state index >= 15 is 0 Å². The van der Waals surface area contributed by atoms with E-state index in [-0.39, 0.29) is 25.0 Å². The van der Waals surface area contributed by atoms with Crippen LogP contribution in [-0.2, 0) is 6.42 Å². The van der Waals surface area contributed by atoms with Crippen molar-refractivity contribution in [3.63, 3.8) is 0 Å². The first-order chi connectivity index (χ1) is 13.1. The van der Waals surface area contributed by atoms with E-state index in [2.05, 4.69) is 10.3 Å². The number of pyridine rings is 1. The van der Waals surface area contributed by atoms with Gasteiger partial charge in [0.05, 0.1) is 24.2 Å². The highest BCUT2D eigenvalue weighted by atomic mass is 35.5. The third-order valence-electron chi connectivity index (χ3n) is 5.18. The molecule has 0 atom stereocenters. The molecule has 0 unspecified atom stereocenters. The lowest BCUT2D eigenvalue weighted by Crippen LogP contribution is -3.00. The van der Waals surface area contributed by atoms with Crippen LogP contribution in [-0.4, -0.2) is 19.7 Å². The van der Waals surface area contributed by atoms with Crippen molar-refractivity contribution in [1.29, 1.82) is 0 Å². The van der Waals surface area contributed by atoms with Crippen molar-refractivity contribution < 1.29 is 36.4 Å². The molecular formula is C21H19ClN2O4. The summed E-state index contributed by atoms with van der Waals surface area (Å²) in [7, 11) is 1.65. The van der Waals surface area contributed by atoms with Gasteiger partial charge in [-0.15, -0.1) is 0 Å². The Morgan fingerprint density at radius 2 is 1.89 bits per heavy atom. The second-order valence-corrected chi connectivity index (χ2v) is 6.84. The Bertz CT molecular complexity index is 1110. The summed E-state index contributed by atoms with van der Waals surface area (Å²) in [4.78, 5) is 16.0. The Morgan fingerprint density at radius 1 is 1.11 bits per heavy atom. The minimum absolute atomic E-state index is 0. The quantitative estimate of drug-likeness (QED) is 0.698. The number of carbonyl (C=O) groups is 1. The fourth-order valence-electron chi connectivity index (χ4n) is 3.79. The zero-order valence-electron chi connectivity index (χ0n) is 15.5. The second-order valence-electron chi connectivity index (χ2n) is 6.84. The van der Waals surface area contributed by atoms with Crippen LogP contribution in [0.3, 0.4) is 0 Å². The van der Waals surface area contributed by atoms with Gasteiger partial charge in [0.15, 0.2) is 23.0 Å². The smallest absolute Gasteiger partial charge is 0.231 e. The van der Waals surface area contributed by atoms with E-state index < -0.39 is 0 Å². The molecule has 0 spiro atoms. The van der Waals surface area contributed by atoms with Crippen molar-refractivity contribution >= 4 is 28.1 Å². The first-order valence-corrected chi connectivity index (χ1v) is 8.90. The van der Waals surface area contributed by atoms with Crippen LogP contribution in [0.2, 0.25) is 0 Å². The third kappa shape index (κ3) is 2.81. The van der Waals surface area contributed by atoms with E-state index in [0.29, 0.717) is 24.3 Å². The minimum Gasteiger partial charge on any atom is -1.00 e. The number of rotatable bonds is 3. The highest BCUT2D eigenvalue weighted by molar-refractivity contribution is 6.11. The van der Waals surface area contributed by atoms with E-state index in [1.165, 1.54) is 0 Å². The van der Waals surface area contributed by atoms with Gasteiger partial charge in [0, 0.05) is 30.7 Å². The molecule has 1 aliphatic carbocycles. The summed E-state index contributed by atoms with van der Waals surface area (Å²) in [5.74, 6) is 2.34. The average molecular weight is 399 g/mol. The zero-order valence-corrected chi connectivity index (χ0v) is 16.3. The zero-order chi connectivity index (χ0) is 18.5. The molecular weight excluding hydrogens is 380 g/mol. The Labute approximate surface area is 168 Å². The van der Waals surface area contributed by atoms with Crippen molar-refractivity contribution in [3.05, 3.63) is 47.2 Å². The van der Waals surface area contributed by atoms with E-state index in [1.54, 1.807) is 7.11 Å². The van der Waals surface area contributed by atoms with Crippen LogP contribution < -0.4 is 36.9 Å². The molecule has 2 N–H and O–H groups in total. The molecule has 2 aliphatic rings. The summed E-state index contributed by atoms with van der Waals surface area (Å²) < 4.78 is 16.5. The number of H-pyrrole nitrogens is 1. The number of aromatic nitrogens is 1. The van der Waals surface area contributed by atoms with Crippen molar-refractivity contribution in [3.8, 4) is 17.2 Å². The Morgan fingerprint density at radius 3 is 2.68 bits per heavy atom. The molecule has 2 heterocycles. The van der Waals surface area contributed by atoms with Gasteiger partial charge in [0.2, 0.25) is 12.3 Å². The number of aryl methyl sites for hydroxylation is 2. The molecule has 5 rings (SSSR count). The number of fused-ring (bicyclic) bond motifs is 3. The molecule has 28 heavy (non-hydrogen) atoms. The van der Waals surface area contributed by atoms with Crippen LogP contribution >= 0.6 is 0 Å². The van der Waals surface area contributed by atoms with Gasteiger partial charge >= 0.3 is 0 Å². The number of Topliss-reactive ketones (excluding diaryl/α,β-unsaturated/α-hetero) is 1. The van der Waals surface area contributed by atoms with Gasteiger partial charge in [-0.3, -0.25) is 4.79 Å². The van der Waals surface area contributed by atoms with Crippen molar-refractivity contribution in [2.75, 3.05) is 19.2 Å². The molecule has 3 aromatic rings. The van der Waals surface area contributed by atoms with Crippen LogP contribution in [0.15, 0.2) is 30.3 Å². The molecule has 6 nitrogen and oxygen atoms in total. The largest absolute Gasteiger partial charge is 1.00 e. The lowest BCUT2D eigenvalue weighted by Gasteiger charge is -2.13. The summed E-state index contributed by atoms with van der Waals surface area (Å²) in [6.45, 7) is 2.21. The fraction of sp³-hybridized carbons (Fsp3) is 0.238. The van der Waals surface area contributed by atoms with Crippen LogP contribution in [0, 0.1) is 6.92 Å². The van der Waals surface area contributed by atoms with Gasteiger partial charge < -0.3 is 31.9 Å². The summed E-state index contributed by atoms with van der Waals surface area (Å²) in [6.07, 6.45) is 1.23. The number of carbonyl (C=O) groups excluding carboxylic acids is 1. The summed E-state index contributed by atoms with van der Waals surface area (Å²) in [6, 6.07) is 9.78. The summed E-state index contributed by atoms with van der Waals surface area (Å²) in [5.41, 5.74) is 5.30.